The van der Waals surface area contributed by atoms with Crippen molar-refractivity contribution in [2.24, 2.45) is 7.05 Å². The van der Waals surface area contributed by atoms with E-state index in [0.717, 1.165) is 40.6 Å². The molecule has 7 heteroatoms. The first-order valence-electron chi connectivity index (χ1n) is 7.95. The van der Waals surface area contributed by atoms with Crippen molar-refractivity contribution >= 4 is 35.0 Å². The van der Waals surface area contributed by atoms with Gasteiger partial charge in [0, 0.05) is 19.0 Å². The summed E-state index contributed by atoms with van der Waals surface area (Å²) in [5, 5.41) is 9.91. The van der Waals surface area contributed by atoms with E-state index in [9.17, 15) is 4.79 Å². The Kier molecular flexibility index (Phi) is 6.29. The smallest absolute Gasteiger partial charge is 0.224 e. The van der Waals surface area contributed by atoms with E-state index < -0.39 is 0 Å². The molecular formula is C17H23ClN4OS. The topological polar surface area (TPSA) is 51.0 Å². The number of hydrogen-bond acceptors (Lipinski definition) is 4. The second kappa shape index (κ2) is 8.03. The molecule has 0 aliphatic rings. The van der Waals surface area contributed by atoms with Crippen molar-refractivity contribution in [2.45, 2.75) is 45.3 Å². The van der Waals surface area contributed by atoms with Gasteiger partial charge in [-0.2, -0.15) is 0 Å². The molecule has 130 valence electrons. The largest absolute Gasteiger partial charge is 0.308 e. The molecule has 0 bridgehead atoms. The molecule has 0 radical (unpaired) electrons. The van der Waals surface area contributed by atoms with Crippen molar-refractivity contribution in [2.75, 3.05) is 11.2 Å². The molecule has 1 heterocycles. The maximum atomic E-state index is 12.4. The zero-order chi connectivity index (χ0) is 17.9. The monoisotopic (exact) mass is 366 g/mol. The second-order valence-corrected chi connectivity index (χ2v) is 6.69. The zero-order valence-corrected chi connectivity index (χ0v) is 16.3. The summed E-state index contributed by atoms with van der Waals surface area (Å²) in [6, 6.07) is 3.91. The number of anilines is 1. The number of benzene rings is 1. The lowest BCUT2D eigenvalue weighted by Crippen LogP contribution is -2.31. The van der Waals surface area contributed by atoms with Gasteiger partial charge in [0.05, 0.1) is 12.2 Å². The summed E-state index contributed by atoms with van der Waals surface area (Å²) in [5.74, 6) is 0.717. The lowest BCUT2D eigenvalue weighted by Gasteiger charge is -2.26. The third-order valence-electron chi connectivity index (χ3n) is 4.10. The van der Waals surface area contributed by atoms with E-state index in [-0.39, 0.29) is 5.91 Å². The maximum absolute atomic E-state index is 12.4. The molecule has 0 aliphatic carbocycles. The molecule has 1 amide bonds. The molecular weight excluding hydrogens is 344 g/mol. The van der Waals surface area contributed by atoms with E-state index >= 15 is 0 Å². The van der Waals surface area contributed by atoms with Gasteiger partial charge in [-0.05, 0) is 36.3 Å². The van der Waals surface area contributed by atoms with Crippen LogP contribution in [0.25, 0.3) is 0 Å². The number of nitrogens with zero attached hydrogens (tertiary/aromatic N) is 4. The van der Waals surface area contributed by atoms with E-state index in [4.69, 9.17) is 11.6 Å². The SMILES string of the molecule is CCc1ccc(Cl)c(CC)c1N(Cc1nnc(SC)n1C)C(C)=O. The van der Waals surface area contributed by atoms with Gasteiger partial charge in [-0.25, -0.2) is 0 Å². The van der Waals surface area contributed by atoms with Crippen LogP contribution >= 0.6 is 23.4 Å². The van der Waals surface area contributed by atoms with Crippen molar-refractivity contribution in [3.8, 4) is 0 Å². The number of carbonyl (C=O) groups is 1. The van der Waals surface area contributed by atoms with Gasteiger partial charge in [-0.15, -0.1) is 10.2 Å². The highest BCUT2D eigenvalue weighted by atomic mass is 35.5. The van der Waals surface area contributed by atoms with Gasteiger partial charge >= 0.3 is 0 Å². The molecule has 0 atom stereocenters. The number of thioether (sulfide) groups is 1. The number of rotatable bonds is 6. The average molecular weight is 367 g/mol. The Morgan fingerprint density at radius 1 is 1.29 bits per heavy atom. The minimum Gasteiger partial charge on any atom is -0.308 e. The summed E-state index contributed by atoms with van der Waals surface area (Å²) in [5.41, 5.74) is 3.02. The van der Waals surface area contributed by atoms with E-state index in [0.29, 0.717) is 11.6 Å². The fourth-order valence-corrected chi connectivity index (χ4v) is 3.56. The van der Waals surface area contributed by atoms with E-state index in [1.165, 1.54) is 11.8 Å². The van der Waals surface area contributed by atoms with Crippen LogP contribution in [0, 0.1) is 0 Å². The molecule has 0 spiro atoms. The van der Waals surface area contributed by atoms with Crippen LogP contribution in [0.5, 0.6) is 0 Å². The van der Waals surface area contributed by atoms with Crippen LogP contribution in [-0.2, 0) is 31.2 Å². The molecule has 2 rings (SSSR count). The normalized spacial score (nSPS) is 10.9. The Labute approximate surface area is 152 Å². The molecule has 5 nitrogen and oxygen atoms in total. The van der Waals surface area contributed by atoms with Crippen LogP contribution in [0.1, 0.15) is 37.7 Å². The Balaban J connectivity index is 2.54. The summed E-state index contributed by atoms with van der Waals surface area (Å²) < 4.78 is 1.92. The summed E-state index contributed by atoms with van der Waals surface area (Å²) in [4.78, 5) is 14.2. The lowest BCUT2D eigenvalue weighted by molar-refractivity contribution is -0.116. The molecule has 0 saturated heterocycles. The van der Waals surface area contributed by atoms with Gasteiger partial charge in [-0.3, -0.25) is 4.79 Å². The molecule has 0 fully saturated rings. The Morgan fingerprint density at radius 3 is 2.50 bits per heavy atom. The van der Waals surface area contributed by atoms with Crippen molar-refractivity contribution in [1.29, 1.82) is 0 Å². The van der Waals surface area contributed by atoms with Crippen molar-refractivity contribution < 1.29 is 4.79 Å². The van der Waals surface area contributed by atoms with Crippen LogP contribution in [0.2, 0.25) is 5.02 Å². The predicted molar refractivity (Wildman–Crippen MR) is 99.9 cm³/mol. The van der Waals surface area contributed by atoms with Gasteiger partial charge in [0.15, 0.2) is 11.0 Å². The standard InChI is InChI=1S/C17H23ClN4OS/c1-6-12-8-9-14(18)13(7-2)16(12)22(11(3)23)10-15-19-20-17(24-5)21(15)4/h8-9H,6-7,10H2,1-5H3. The van der Waals surface area contributed by atoms with Crippen molar-refractivity contribution in [1.82, 2.24) is 14.8 Å². The number of halogens is 1. The summed E-state index contributed by atoms with van der Waals surface area (Å²) >= 11 is 7.92. The molecule has 24 heavy (non-hydrogen) atoms. The molecule has 1 aromatic carbocycles. The number of aryl methyl sites for hydroxylation is 1. The van der Waals surface area contributed by atoms with Gasteiger partial charge in [0.25, 0.3) is 0 Å². The predicted octanol–water partition coefficient (Wildman–Crippen LogP) is 3.87. The molecule has 0 unspecified atom stereocenters. The van der Waals surface area contributed by atoms with Crippen molar-refractivity contribution in [3.05, 3.63) is 34.1 Å². The highest BCUT2D eigenvalue weighted by Crippen LogP contribution is 2.33. The highest BCUT2D eigenvalue weighted by molar-refractivity contribution is 7.98. The van der Waals surface area contributed by atoms with Gasteiger partial charge in [0.2, 0.25) is 5.91 Å². The van der Waals surface area contributed by atoms with Crippen LogP contribution in [-0.4, -0.2) is 26.9 Å². The Morgan fingerprint density at radius 2 is 2.00 bits per heavy atom. The fourth-order valence-electron chi connectivity index (χ4n) is 2.77. The van der Waals surface area contributed by atoms with Crippen LogP contribution in [0.15, 0.2) is 17.3 Å². The molecule has 1 aromatic heterocycles. The number of amides is 1. The minimum absolute atomic E-state index is 0.0321. The summed E-state index contributed by atoms with van der Waals surface area (Å²) in [7, 11) is 1.92. The first-order chi connectivity index (χ1) is 11.4. The number of aromatic nitrogens is 3. The first kappa shape index (κ1) is 18.8. The number of carbonyl (C=O) groups excluding carboxylic acids is 1. The Hall–Kier alpha value is -1.53. The van der Waals surface area contributed by atoms with E-state index in [2.05, 4.69) is 24.0 Å². The van der Waals surface area contributed by atoms with Gasteiger partial charge in [0.1, 0.15) is 0 Å². The third-order valence-corrected chi connectivity index (χ3v) is 5.18. The van der Waals surface area contributed by atoms with Crippen LogP contribution < -0.4 is 4.90 Å². The molecule has 0 N–H and O–H groups in total. The van der Waals surface area contributed by atoms with E-state index in [1.54, 1.807) is 11.8 Å². The summed E-state index contributed by atoms with van der Waals surface area (Å²) in [6.45, 7) is 6.08. The maximum Gasteiger partial charge on any atom is 0.224 e. The van der Waals surface area contributed by atoms with Crippen LogP contribution in [0.4, 0.5) is 5.69 Å². The van der Waals surface area contributed by atoms with Gasteiger partial charge in [-0.1, -0.05) is 43.3 Å². The highest BCUT2D eigenvalue weighted by Gasteiger charge is 2.22. The van der Waals surface area contributed by atoms with Gasteiger partial charge < -0.3 is 9.47 Å². The fraction of sp³-hybridized carbons (Fsp3) is 0.471. The van der Waals surface area contributed by atoms with Crippen molar-refractivity contribution in [3.63, 3.8) is 0 Å². The zero-order valence-electron chi connectivity index (χ0n) is 14.8. The lowest BCUT2D eigenvalue weighted by atomic mass is 10.0. The number of hydrogen-bond donors (Lipinski definition) is 0. The molecule has 0 saturated carbocycles. The quantitative estimate of drug-likeness (QED) is 0.728. The van der Waals surface area contributed by atoms with Crippen LogP contribution in [0.3, 0.4) is 0 Å². The Bertz CT molecular complexity index is 744. The third kappa shape index (κ3) is 3.59. The minimum atomic E-state index is -0.0321. The average Bonchev–Trinajstić information content (AvgIpc) is 2.92. The first-order valence-corrected chi connectivity index (χ1v) is 9.55. The second-order valence-electron chi connectivity index (χ2n) is 5.51. The van der Waals surface area contributed by atoms with E-state index in [1.807, 2.05) is 30.0 Å². The molecule has 2 aromatic rings. The molecule has 0 aliphatic heterocycles. The summed E-state index contributed by atoms with van der Waals surface area (Å²) in [6.07, 6.45) is 3.55.